The van der Waals surface area contributed by atoms with Crippen molar-refractivity contribution in [1.82, 2.24) is 0 Å². The zero-order chi connectivity index (χ0) is 12.0. The van der Waals surface area contributed by atoms with Gasteiger partial charge in [0.25, 0.3) is 0 Å². The molecule has 0 aliphatic rings. The minimum atomic E-state index is -3.01. The molecule has 0 saturated heterocycles. The summed E-state index contributed by atoms with van der Waals surface area (Å²) >= 11 is 4.00. The van der Waals surface area contributed by atoms with Crippen molar-refractivity contribution in [2.75, 3.05) is 18.6 Å². The molecular formula is C11H16O3S2. The van der Waals surface area contributed by atoms with Crippen molar-refractivity contribution in [2.24, 2.45) is 0 Å². The molecule has 1 aromatic carbocycles. The number of benzene rings is 1. The maximum Gasteiger partial charge on any atom is 0.154 e. The van der Waals surface area contributed by atoms with Crippen LogP contribution in [0.1, 0.15) is 12.0 Å². The SMILES string of the molecule is COc1ccc(CS(=O)(=O)CCCS)cc1. The van der Waals surface area contributed by atoms with E-state index in [1.54, 1.807) is 31.4 Å². The van der Waals surface area contributed by atoms with E-state index in [9.17, 15) is 8.42 Å². The number of methoxy groups -OCH3 is 1. The first-order chi connectivity index (χ1) is 7.57. The molecule has 0 aliphatic carbocycles. The average Bonchev–Trinajstić information content (AvgIpc) is 2.27. The molecule has 0 aliphatic heterocycles. The van der Waals surface area contributed by atoms with Gasteiger partial charge in [0.05, 0.1) is 18.6 Å². The molecule has 0 fully saturated rings. The maximum atomic E-state index is 11.6. The third kappa shape index (κ3) is 4.45. The molecule has 90 valence electrons. The lowest BCUT2D eigenvalue weighted by atomic mass is 10.2. The van der Waals surface area contributed by atoms with Crippen molar-refractivity contribution in [2.45, 2.75) is 12.2 Å². The summed E-state index contributed by atoms with van der Waals surface area (Å²) in [4.78, 5) is 0. The van der Waals surface area contributed by atoms with Crippen molar-refractivity contribution in [3.8, 4) is 5.75 Å². The van der Waals surface area contributed by atoms with Crippen LogP contribution in [0.4, 0.5) is 0 Å². The average molecular weight is 260 g/mol. The number of rotatable bonds is 6. The predicted octanol–water partition coefficient (Wildman–Crippen LogP) is 1.93. The van der Waals surface area contributed by atoms with E-state index in [1.807, 2.05) is 0 Å². The minimum absolute atomic E-state index is 0.0881. The predicted molar refractivity (Wildman–Crippen MR) is 69.0 cm³/mol. The molecule has 0 aromatic heterocycles. The van der Waals surface area contributed by atoms with Gasteiger partial charge in [0.15, 0.2) is 9.84 Å². The summed E-state index contributed by atoms with van der Waals surface area (Å²) in [6, 6.07) is 7.08. The van der Waals surface area contributed by atoms with Crippen LogP contribution in [-0.4, -0.2) is 27.0 Å². The van der Waals surface area contributed by atoms with E-state index < -0.39 is 9.84 Å². The largest absolute Gasteiger partial charge is 0.497 e. The Balaban J connectivity index is 2.65. The van der Waals surface area contributed by atoms with E-state index in [2.05, 4.69) is 12.6 Å². The van der Waals surface area contributed by atoms with E-state index in [1.165, 1.54) is 0 Å². The quantitative estimate of drug-likeness (QED) is 0.795. The Hall–Kier alpha value is -0.680. The Morgan fingerprint density at radius 1 is 1.25 bits per heavy atom. The van der Waals surface area contributed by atoms with E-state index in [4.69, 9.17) is 4.74 Å². The highest BCUT2D eigenvalue weighted by molar-refractivity contribution is 7.90. The molecule has 0 heterocycles. The monoisotopic (exact) mass is 260 g/mol. The second-order valence-corrected chi connectivity index (χ2v) is 6.15. The Morgan fingerprint density at radius 3 is 2.38 bits per heavy atom. The molecule has 5 heteroatoms. The highest BCUT2D eigenvalue weighted by atomic mass is 32.2. The standard InChI is InChI=1S/C11H16O3S2/c1-14-11-5-3-10(4-6-11)9-16(12,13)8-2-7-15/h3-6,15H,2,7-9H2,1H3. The van der Waals surface area contributed by atoms with Crippen molar-refractivity contribution >= 4 is 22.5 Å². The smallest absolute Gasteiger partial charge is 0.154 e. The van der Waals surface area contributed by atoms with Crippen LogP contribution >= 0.6 is 12.6 Å². The molecule has 0 atom stereocenters. The molecule has 16 heavy (non-hydrogen) atoms. The number of hydrogen-bond acceptors (Lipinski definition) is 4. The van der Waals surface area contributed by atoms with Crippen LogP contribution in [-0.2, 0) is 15.6 Å². The van der Waals surface area contributed by atoms with Gasteiger partial charge in [0.2, 0.25) is 0 Å². The zero-order valence-electron chi connectivity index (χ0n) is 9.22. The van der Waals surface area contributed by atoms with Gasteiger partial charge in [-0.25, -0.2) is 8.42 Å². The maximum absolute atomic E-state index is 11.6. The normalized spacial score (nSPS) is 11.4. The molecule has 0 unspecified atom stereocenters. The fourth-order valence-electron chi connectivity index (χ4n) is 1.33. The summed E-state index contributed by atoms with van der Waals surface area (Å²) in [7, 11) is -1.42. The van der Waals surface area contributed by atoms with Crippen LogP contribution in [0.25, 0.3) is 0 Å². The topological polar surface area (TPSA) is 43.4 Å². The highest BCUT2D eigenvalue weighted by Gasteiger charge is 2.11. The fraction of sp³-hybridized carbons (Fsp3) is 0.455. The lowest BCUT2D eigenvalue weighted by Crippen LogP contribution is -2.09. The van der Waals surface area contributed by atoms with Gasteiger partial charge in [0, 0.05) is 0 Å². The van der Waals surface area contributed by atoms with E-state index >= 15 is 0 Å². The van der Waals surface area contributed by atoms with E-state index in [0.717, 1.165) is 11.3 Å². The first-order valence-corrected chi connectivity index (χ1v) is 7.47. The molecule has 0 saturated carbocycles. The molecule has 0 spiro atoms. The zero-order valence-corrected chi connectivity index (χ0v) is 10.9. The van der Waals surface area contributed by atoms with Crippen molar-refractivity contribution in [1.29, 1.82) is 0 Å². The first-order valence-electron chi connectivity index (χ1n) is 5.01. The lowest BCUT2D eigenvalue weighted by molar-refractivity contribution is 0.414. The van der Waals surface area contributed by atoms with Gasteiger partial charge in [-0.15, -0.1) is 0 Å². The van der Waals surface area contributed by atoms with Gasteiger partial charge >= 0.3 is 0 Å². The first kappa shape index (κ1) is 13.4. The second-order valence-electron chi connectivity index (χ2n) is 3.52. The third-order valence-corrected chi connectivity index (χ3v) is 4.16. The van der Waals surface area contributed by atoms with Gasteiger partial charge in [0.1, 0.15) is 5.75 Å². The molecule has 1 rings (SSSR count). The van der Waals surface area contributed by atoms with Crippen LogP contribution in [0.5, 0.6) is 5.75 Å². The Morgan fingerprint density at radius 2 is 1.88 bits per heavy atom. The van der Waals surface area contributed by atoms with Crippen LogP contribution in [0, 0.1) is 0 Å². The van der Waals surface area contributed by atoms with Gasteiger partial charge in [-0.1, -0.05) is 12.1 Å². The molecule has 0 radical (unpaired) electrons. The third-order valence-electron chi connectivity index (χ3n) is 2.16. The Kier molecular flexibility index (Phi) is 5.15. The van der Waals surface area contributed by atoms with Crippen molar-refractivity contribution < 1.29 is 13.2 Å². The van der Waals surface area contributed by atoms with Crippen molar-refractivity contribution in [3.05, 3.63) is 29.8 Å². The molecule has 0 N–H and O–H groups in total. The molecule has 1 aromatic rings. The van der Waals surface area contributed by atoms with Crippen LogP contribution in [0.2, 0.25) is 0 Å². The van der Waals surface area contributed by atoms with Crippen LogP contribution in [0.3, 0.4) is 0 Å². The lowest BCUT2D eigenvalue weighted by Gasteiger charge is -2.04. The summed E-state index contributed by atoms with van der Waals surface area (Å²) in [5.74, 6) is 1.62. The summed E-state index contributed by atoms with van der Waals surface area (Å²) in [5.41, 5.74) is 0.792. The number of ether oxygens (including phenoxy) is 1. The van der Waals surface area contributed by atoms with Gasteiger partial charge in [-0.3, -0.25) is 0 Å². The second kappa shape index (κ2) is 6.15. The Bertz CT molecular complexity index is 409. The van der Waals surface area contributed by atoms with E-state index in [-0.39, 0.29) is 11.5 Å². The van der Waals surface area contributed by atoms with Crippen LogP contribution in [0.15, 0.2) is 24.3 Å². The van der Waals surface area contributed by atoms with Gasteiger partial charge < -0.3 is 4.74 Å². The molecule has 0 bridgehead atoms. The molecule has 0 amide bonds. The number of thiol groups is 1. The number of sulfone groups is 1. The molecular weight excluding hydrogens is 244 g/mol. The number of hydrogen-bond donors (Lipinski definition) is 1. The summed E-state index contributed by atoms with van der Waals surface area (Å²) in [5, 5.41) is 0. The van der Waals surface area contributed by atoms with Gasteiger partial charge in [-0.2, -0.15) is 12.6 Å². The minimum Gasteiger partial charge on any atom is -0.497 e. The fourth-order valence-corrected chi connectivity index (χ4v) is 3.13. The van der Waals surface area contributed by atoms with Gasteiger partial charge in [-0.05, 0) is 29.9 Å². The Labute approximate surface area is 102 Å². The molecule has 3 nitrogen and oxygen atoms in total. The van der Waals surface area contributed by atoms with Crippen LogP contribution < -0.4 is 4.74 Å². The summed E-state index contributed by atoms with van der Waals surface area (Å²) in [6.07, 6.45) is 0.599. The van der Waals surface area contributed by atoms with E-state index in [0.29, 0.717) is 12.2 Å². The summed E-state index contributed by atoms with van der Waals surface area (Å²) in [6.45, 7) is 0. The summed E-state index contributed by atoms with van der Waals surface area (Å²) < 4.78 is 28.3. The van der Waals surface area contributed by atoms with Crippen molar-refractivity contribution in [3.63, 3.8) is 0 Å². The highest BCUT2D eigenvalue weighted by Crippen LogP contribution is 2.14.